The number of rotatable bonds is 9. The second-order valence-corrected chi connectivity index (χ2v) is 12.0. The van der Waals surface area contributed by atoms with E-state index in [9.17, 15) is 4.79 Å². The number of allylic oxidation sites excluding steroid dienone is 3. The highest BCUT2D eigenvalue weighted by molar-refractivity contribution is 6.31. The molecule has 0 radical (unpaired) electrons. The average molecular weight is 609 g/mol. The van der Waals surface area contributed by atoms with Crippen LogP contribution in [0.15, 0.2) is 113 Å². The van der Waals surface area contributed by atoms with Crippen LogP contribution in [0.4, 0.5) is 0 Å². The Labute approximate surface area is 263 Å². The van der Waals surface area contributed by atoms with Crippen molar-refractivity contribution in [3.8, 4) is 0 Å². The highest BCUT2D eigenvalue weighted by Crippen LogP contribution is 2.45. The van der Waals surface area contributed by atoms with E-state index in [0.717, 1.165) is 55.9 Å². The minimum Gasteiger partial charge on any atom is -0.462 e. The summed E-state index contributed by atoms with van der Waals surface area (Å²) in [6.45, 7) is 6.97. The van der Waals surface area contributed by atoms with Gasteiger partial charge in [-0.2, -0.15) is 0 Å². The number of carbonyl (C=O) groups is 1. The van der Waals surface area contributed by atoms with Crippen LogP contribution in [0.25, 0.3) is 5.57 Å². The Balaban J connectivity index is 1.11. The number of benzene rings is 3. The predicted octanol–water partition coefficient (Wildman–Crippen LogP) is 7.13. The van der Waals surface area contributed by atoms with Crippen LogP contribution in [0.2, 0.25) is 5.02 Å². The molecule has 1 fully saturated rings. The molecule has 0 saturated carbocycles. The largest absolute Gasteiger partial charge is 0.462 e. The van der Waals surface area contributed by atoms with E-state index in [1.165, 1.54) is 17.5 Å². The maximum absolute atomic E-state index is 13.7. The van der Waals surface area contributed by atoms with Crippen molar-refractivity contribution < 1.29 is 13.9 Å². The molecule has 1 atom stereocenters. The zero-order valence-electron chi connectivity index (χ0n) is 25.1. The molecule has 2 aliphatic rings. The van der Waals surface area contributed by atoms with Crippen molar-refractivity contribution in [2.75, 3.05) is 26.2 Å². The van der Waals surface area contributed by atoms with Crippen molar-refractivity contribution in [2.24, 2.45) is 0 Å². The molecule has 3 aromatic carbocycles. The van der Waals surface area contributed by atoms with Gasteiger partial charge in [-0.05, 0) is 69.0 Å². The molecule has 1 saturated heterocycles. The predicted molar refractivity (Wildman–Crippen MR) is 172 cm³/mol. The van der Waals surface area contributed by atoms with E-state index < -0.39 is 5.92 Å². The molecule has 7 nitrogen and oxygen atoms in total. The number of nitrogens with zero attached hydrogens (tertiary/aromatic N) is 3. The lowest BCUT2D eigenvalue weighted by Crippen LogP contribution is -2.43. The number of dihydropyridines is 1. The topological polar surface area (TPSA) is 80.5 Å². The highest BCUT2D eigenvalue weighted by atomic mass is 35.5. The Morgan fingerprint density at radius 1 is 0.955 bits per heavy atom. The van der Waals surface area contributed by atoms with Gasteiger partial charge in [0.25, 0.3) is 0 Å². The summed E-state index contributed by atoms with van der Waals surface area (Å²) >= 11 is 6.67. The molecule has 44 heavy (non-hydrogen) atoms. The maximum Gasteiger partial charge on any atom is 0.336 e. The van der Waals surface area contributed by atoms with Crippen LogP contribution in [0, 0.1) is 0 Å². The molecule has 8 heteroatoms. The van der Waals surface area contributed by atoms with Gasteiger partial charge in [0.15, 0.2) is 0 Å². The van der Waals surface area contributed by atoms with Gasteiger partial charge < -0.3 is 19.4 Å². The molecule has 1 N–H and O–H groups in total. The summed E-state index contributed by atoms with van der Waals surface area (Å²) in [7, 11) is 0. The van der Waals surface area contributed by atoms with Crippen molar-refractivity contribution in [1.29, 1.82) is 0 Å². The first-order valence-electron chi connectivity index (χ1n) is 15.2. The standard InChI is InChI=1S/C36H37ClN4O3/c1-25-31(34-40-38-24-44-34)33(29-16-9-10-17-30(29)37)32(26(2)39-25)35(42)43-23-11-20-41-21-18-36(19-22-41,27-12-5-3-6-13-27)28-14-7-4-8-15-28/h3-10,12-17,24,33,39H,11,18-23H2,1-2H3. The van der Waals surface area contributed by atoms with Crippen LogP contribution >= 0.6 is 11.6 Å². The Bertz CT molecular complexity index is 1600. The summed E-state index contributed by atoms with van der Waals surface area (Å²) < 4.78 is 11.5. The van der Waals surface area contributed by atoms with Crippen LogP contribution in [-0.4, -0.2) is 47.3 Å². The van der Waals surface area contributed by atoms with Gasteiger partial charge in [0.05, 0.1) is 18.1 Å². The molecule has 0 spiro atoms. The molecule has 3 heterocycles. The monoisotopic (exact) mass is 608 g/mol. The number of piperidine rings is 1. The number of hydrogen-bond acceptors (Lipinski definition) is 7. The molecular formula is C36H37ClN4O3. The van der Waals surface area contributed by atoms with E-state index in [2.05, 4.69) is 81.1 Å². The lowest BCUT2D eigenvalue weighted by atomic mass is 9.68. The summed E-state index contributed by atoms with van der Waals surface area (Å²) in [5.74, 6) is -0.552. The van der Waals surface area contributed by atoms with Gasteiger partial charge in [-0.25, -0.2) is 4.79 Å². The van der Waals surface area contributed by atoms with E-state index in [1.54, 1.807) is 0 Å². The first kappa shape index (κ1) is 29.9. The Morgan fingerprint density at radius 3 is 2.20 bits per heavy atom. The molecule has 2 aliphatic heterocycles. The smallest absolute Gasteiger partial charge is 0.336 e. The summed E-state index contributed by atoms with van der Waals surface area (Å²) in [5.41, 5.74) is 6.29. The van der Waals surface area contributed by atoms with Gasteiger partial charge in [0.2, 0.25) is 12.3 Å². The molecular weight excluding hydrogens is 572 g/mol. The highest BCUT2D eigenvalue weighted by Gasteiger charge is 2.39. The molecule has 226 valence electrons. The lowest BCUT2D eigenvalue weighted by molar-refractivity contribution is -0.139. The molecule has 6 rings (SSSR count). The van der Waals surface area contributed by atoms with Crippen molar-refractivity contribution in [3.63, 3.8) is 0 Å². The van der Waals surface area contributed by atoms with E-state index in [-0.39, 0.29) is 11.4 Å². The molecule has 1 unspecified atom stereocenters. The van der Waals surface area contributed by atoms with Crippen molar-refractivity contribution >= 4 is 23.1 Å². The van der Waals surface area contributed by atoms with Crippen LogP contribution < -0.4 is 5.32 Å². The van der Waals surface area contributed by atoms with Crippen LogP contribution in [0.1, 0.15) is 61.6 Å². The van der Waals surface area contributed by atoms with Crippen molar-refractivity contribution in [2.45, 2.75) is 44.4 Å². The number of halogens is 1. The molecule has 0 amide bonds. The number of ether oxygens (including phenoxy) is 1. The third kappa shape index (κ3) is 5.94. The SMILES string of the molecule is CC1=C(C(=O)OCCCN2CCC(c3ccccc3)(c3ccccc3)CC2)C(c2ccccc2Cl)C(c2nnco2)=C(C)N1. The van der Waals surface area contributed by atoms with Crippen LogP contribution in [0.5, 0.6) is 0 Å². The molecule has 4 aromatic rings. The Morgan fingerprint density at radius 2 is 1.59 bits per heavy atom. The van der Waals surface area contributed by atoms with Gasteiger partial charge in [-0.1, -0.05) is 90.5 Å². The van der Waals surface area contributed by atoms with E-state index in [0.29, 0.717) is 28.7 Å². The quantitative estimate of drug-likeness (QED) is 0.160. The van der Waals surface area contributed by atoms with Crippen LogP contribution in [-0.2, 0) is 14.9 Å². The fraction of sp³-hybridized carbons (Fsp3) is 0.306. The van der Waals surface area contributed by atoms with Crippen molar-refractivity contribution in [3.05, 3.63) is 136 Å². The number of nitrogens with one attached hydrogen (secondary N) is 1. The first-order chi connectivity index (χ1) is 21.5. The summed E-state index contributed by atoms with van der Waals surface area (Å²) in [4.78, 5) is 16.2. The van der Waals surface area contributed by atoms with Gasteiger partial charge in [0, 0.05) is 33.9 Å². The number of carbonyl (C=O) groups excluding carboxylic acids is 1. The third-order valence-electron chi connectivity index (χ3n) is 9.00. The zero-order valence-corrected chi connectivity index (χ0v) is 25.9. The second kappa shape index (κ2) is 13.2. The Kier molecular flexibility index (Phi) is 8.96. The van der Waals surface area contributed by atoms with E-state index in [1.807, 2.05) is 38.1 Å². The summed E-state index contributed by atoms with van der Waals surface area (Å²) in [6.07, 6.45) is 4.12. The van der Waals surface area contributed by atoms with E-state index in [4.69, 9.17) is 20.8 Å². The Hall–Kier alpha value is -4.20. The van der Waals surface area contributed by atoms with Gasteiger partial charge in [-0.15, -0.1) is 10.2 Å². The fourth-order valence-corrected chi connectivity index (χ4v) is 7.05. The van der Waals surface area contributed by atoms with Crippen molar-refractivity contribution in [1.82, 2.24) is 20.4 Å². The minimum atomic E-state index is -0.510. The summed E-state index contributed by atoms with van der Waals surface area (Å²) in [5, 5.41) is 11.9. The zero-order chi connectivity index (χ0) is 30.5. The normalized spacial score (nSPS) is 18.7. The molecule has 0 bridgehead atoms. The van der Waals surface area contributed by atoms with Gasteiger partial charge in [-0.3, -0.25) is 0 Å². The minimum absolute atomic E-state index is 0.0128. The maximum atomic E-state index is 13.7. The number of hydrogen-bond donors (Lipinski definition) is 1. The lowest BCUT2D eigenvalue weighted by Gasteiger charge is -2.43. The fourth-order valence-electron chi connectivity index (χ4n) is 6.81. The first-order valence-corrected chi connectivity index (χ1v) is 15.6. The molecule has 1 aromatic heterocycles. The number of likely N-dealkylation sites (tertiary alicyclic amines) is 1. The third-order valence-corrected chi connectivity index (χ3v) is 9.35. The number of aromatic nitrogens is 2. The van der Waals surface area contributed by atoms with Gasteiger partial charge >= 0.3 is 5.97 Å². The number of esters is 1. The van der Waals surface area contributed by atoms with E-state index >= 15 is 0 Å². The second-order valence-electron chi connectivity index (χ2n) is 11.5. The van der Waals surface area contributed by atoms with Crippen LogP contribution in [0.3, 0.4) is 0 Å². The summed E-state index contributed by atoms with van der Waals surface area (Å²) in [6, 6.07) is 29.3. The molecule has 0 aliphatic carbocycles. The van der Waals surface area contributed by atoms with Gasteiger partial charge in [0.1, 0.15) is 0 Å². The average Bonchev–Trinajstić information content (AvgIpc) is 3.59.